The van der Waals surface area contributed by atoms with Crippen molar-refractivity contribution in [3.63, 3.8) is 0 Å². The van der Waals surface area contributed by atoms with Gasteiger partial charge < -0.3 is 9.72 Å². The molecule has 2 aromatic carbocycles. The maximum absolute atomic E-state index is 11.6. The summed E-state index contributed by atoms with van der Waals surface area (Å²) in [6.45, 7) is 4.25. The number of Topliss-reactive ketones (excluding diaryl/α,β-unsaturated/α-hetero) is 1. The maximum atomic E-state index is 11.6. The van der Waals surface area contributed by atoms with E-state index in [1.54, 1.807) is 6.07 Å². The van der Waals surface area contributed by atoms with Gasteiger partial charge in [-0.25, -0.2) is 4.79 Å². The fourth-order valence-corrected chi connectivity index (χ4v) is 1.85. The first-order valence-electron chi connectivity index (χ1n) is 7.84. The monoisotopic (exact) mass is 325 g/mol. The van der Waals surface area contributed by atoms with E-state index in [1.807, 2.05) is 54.6 Å². The van der Waals surface area contributed by atoms with Crippen LogP contribution in [0.3, 0.4) is 0 Å². The molecule has 0 fully saturated rings. The summed E-state index contributed by atoms with van der Waals surface area (Å²) in [5.41, 5.74) is 1.17. The quantitative estimate of drug-likeness (QED) is 0.425. The molecule has 1 aromatic heterocycles. The van der Waals surface area contributed by atoms with E-state index in [2.05, 4.69) is 23.6 Å². The average Bonchev–Trinajstić information content (AvgIpc) is 3.07. The number of ether oxygens (including phenoxy) is 1. The Kier molecular flexibility index (Phi) is 8.61. The SMILES string of the molecule is CCC.COC(=O)C(=O)c1c[nH]c2ccccc12.c1ccccc1. The molecule has 3 aromatic rings. The summed E-state index contributed by atoms with van der Waals surface area (Å²) in [6.07, 6.45) is 2.77. The minimum Gasteiger partial charge on any atom is -0.463 e. The molecule has 0 aliphatic heterocycles. The van der Waals surface area contributed by atoms with Crippen LogP contribution in [0.25, 0.3) is 10.9 Å². The predicted octanol–water partition coefficient (Wildman–Crippen LogP) is 4.63. The van der Waals surface area contributed by atoms with Crippen LogP contribution in [-0.2, 0) is 9.53 Å². The zero-order chi connectivity index (χ0) is 17.8. The summed E-state index contributed by atoms with van der Waals surface area (Å²) in [5.74, 6) is -1.48. The number of nitrogens with one attached hydrogen (secondary N) is 1. The lowest BCUT2D eigenvalue weighted by molar-refractivity contribution is -0.135. The van der Waals surface area contributed by atoms with Crippen molar-refractivity contribution >= 4 is 22.7 Å². The van der Waals surface area contributed by atoms with Gasteiger partial charge in [-0.15, -0.1) is 0 Å². The highest BCUT2D eigenvalue weighted by Gasteiger charge is 2.19. The number of fused-ring (bicyclic) bond motifs is 1. The van der Waals surface area contributed by atoms with Crippen LogP contribution in [0.2, 0.25) is 0 Å². The summed E-state index contributed by atoms with van der Waals surface area (Å²) >= 11 is 0. The first-order chi connectivity index (χ1) is 11.7. The van der Waals surface area contributed by atoms with Gasteiger partial charge in [-0.05, 0) is 6.07 Å². The summed E-state index contributed by atoms with van der Waals surface area (Å²) in [4.78, 5) is 25.5. The van der Waals surface area contributed by atoms with Crippen LogP contribution in [0.15, 0.2) is 66.9 Å². The Labute approximate surface area is 142 Å². The van der Waals surface area contributed by atoms with Gasteiger partial charge in [0.1, 0.15) is 0 Å². The number of aromatic nitrogens is 1. The van der Waals surface area contributed by atoms with Crippen LogP contribution in [0.4, 0.5) is 0 Å². The van der Waals surface area contributed by atoms with Gasteiger partial charge in [0.05, 0.1) is 12.7 Å². The Morgan fingerprint density at radius 2 is 1.42 bits per heavy atom. The molecule has 0 radical (unpaired) electrons. The number of methoxy groups -OCH3 is 1. The third-order valence-electron chi connectivity index (χ3n) is 2.87. The average molecular weight is 325 g/mol. The number of ketones is 1. The van der Waals surface area contributed by atoms with Gasteiger partial charge in [0.15, 0.2) is 0 Å². The first-order valence-corrected chi connectivity index (χ1v) is 7.84. The van der Waals surface area contributed by atoms with Crippen LogP contribution < -0.4 is 0 Å². The molecule has 0 spiro atoms. The summed E-state index contributed by atoms with van der Waals surface area (Å²) in [5, 5.41) is 0.730. The highest BCUT2D eigenvalue weighted by molar-refractivity contribution is 6.42. The highest BCUT2D eigenvalue weighted by Crippen LogP contribution is 2.18. The number of hydrogen-bond acceptors (Lipinski definition) is 3. The standard InChI is InChI=1S/C11H9NO3.C6H6.C3H8/c1-15-11(14)10(13)8-6-12-9-5-3-2-4-7(8)9;1-2-4-6-5-3-1;1-3-2/h2-6,12H,1H3;1-6H;3H2,1-2H3. The number of carbonyl (C=O) groups excluding carboxylic acids is 2. The zero-order valence-electron chi connectivity index (χ0n) is 14.3. The molecule has 0 saturated heterocycles. The molecule has 0 atom stereocenters. The van der Waals surface area contributed by atoms with Gasteiger partial charge >= 0.3 is 5.97 Å². The van der Waals surface area contributed by atoms with Crippen LogP contribution in [-0.4, -0.2) is 23.8 Å². The fraction of sp³-hybridized carbons (Fsp3) is 0.200. The predicted molar refractivity (Wildman–Crippen MR) is 97.1 cm³/mol. The fourth-order valence-electron chi connectivity index (χ4n) is 1.85. The van der Waals surface area contributed by atoms with Gasteiger partial charge in [0.2, 0.25) is 0 Å². The molecule has 24 heavy (non-hydrogen) atoms. The molecule has 0 amide bonds. The number of rotatable bonds is 2. The number of H-pyrrole nitrogens is 1. The van der Waals surface area contributed by atoms with E-state index in [9.17, 15) is 9.59 Å². The molecule has 0 aliphatic carbocycles. The van der Waals surface area contributed by atoms with Crippen molar-refractivity contribution in [2.45, 2.75) is 20.3 Å². The van der Waals surface area contributed by atoms with Crippen LogP contribution >= 0.6 is 0 Å². The van der Waals surface area contributed by atoms with E-state index in [1.165, 1.54) is 19.7 Å². The van der Waals surface area contributed by atoms with Crippen molar-refractivity contribution in [1.82, 2.24) is 4.98 Å². The second-order valence-electron chi connectivity index (χ2n) is 4.93. The third-order valence-corrected chi connectivity index (χ3v) is 2.87. The van der Waals surface area contributed by atoms with Gasteiger partial charge in [0.25, 0.3) is 5.78 Å². The lowest BCUT2D eigenvalue weighted by Crippen LogP contribution is -2.15. The van der Waals surface area contributed by atoms with E-state index >= 15 is 0 Å². The van der Waals surface area contributed by atoms with E-state index in [-0.39, 0.29) is 0 Å². The molecule has 3 rings (SSSR count). The first kappa shape index (κ1) is 19.2. The highest BCUT2D eigenvalue weighted by atomic mass is 16.5. The molecule has 1 N–H and O–H groups in total. The minimum absolute atomic E-state index is 0.345. The molecule has 1 heterocycles. The molecule has 0 aliphatic rings. The Balaban J connectivity index is 0.000000265. The Bertz CT molecular complexity index is 721. The second kappa shape index (κ2) is 10.8. The second-order valence-corrected chi connectivity index (χ2v) is 4.93. The van der Waals surface area contributed by atoms with E-state index in [4.69, 9.17) is 0 Å². The summed E-state index contributed by atoms with van der Waals surface area (Å²) in [6, 6.07) is 19.3. The van der Waals surface area contributed by atoms with Crippen molar-refractivity contribution in [3.8, 4) is 0 Å². The number of aromatic amines is 1. The van der Waals surface area contributed by atoms with Crippen LogP contribution in [0.1, 0.15) is 30.6 Å². The lowest BCUT2D eigenvalue weighted by atomic mass is 10.1. The normalized spacial score (nSPS) is 9.12. The van der Waals surface area contributed by atoms with E-state index in [0.717, 1.165) is 10.9 Å². The minimum atomic E-state index is -0.847. The maximum Gasteiger partial charge on any atom is 0.379 e. The Morgan fingerprint density at radius 3 is 1.92 bits per heavy atom. The molecular weight excluding hydrogens is 302 g/mol. The molecule has 0 bridgehead atoms. The van der Waals surface area contributed by atoms with Crippen LogP contribution in [0, 0.1) is 0 Å². The molecule has 0 unspecified atom stereocenters. The number of benzene rings is 2. The molecular formula is C20H23NO3. The number of hydrogen-bond donors (Lipinski definition) is 1. The number of esters is 1. The summed E-state index contributed by atoms with van der Waals surface area (Å²) in [7, 11) is 1.19. The van der Waals surface area contributed by atoms with Crippen molar-refractivity contribution in [2.75, 3.05) is 7.11 Å². The smallest absolute Gasteiger partial charge is 0.379 e. The van der Waals surface area contributed by atoms with Crippen molar-refractivity contribution in [2.24, 2.45) is 0 Å². The van der Waals surface area contributed by atoms with Gasteiger partial charge in [-0.1, -0.05) is 74.9 Å². The molecule has 0 saturated carbocycles. The van der Waals surface area contributed by atoms with E-state index < -0.39 is 11.8 Å². The van der Waals surface area contributed by atoms with Crippen molar-refractivity contribution in [1.29, 1.82) is 0 Å². The number of carbonyl (C=O) groups is 2. The van der Waals surface area contributed by atoms with Crippen LogP contribution in [0.5, 0.6) is 0 Å². The molecule has 4 nitrogen and oxygen atoms in total. The van der Waals surface area contributed by atoms with E-state index in [0.29, 0.717) is 5.56 Å². The third kappa shape index (κ3) is 5.72. The van der Waals surface area contributed by atoms with Gasteiger partial charge in [0, 0.05) is 17.1 Å². The zero-order valence-corrected chi connectivity index (χ0v) is 14.3. The molecule has 4 heteroatoms. The Morgan fingerprint density at radius 1 is 0.917 bits per heavy atom. The summed E-state index contributed by atoms with van der Waals surface area (Å²) < 4.78 is 4.38. The van der Waals surface area contributed by atoms with Gasteiger partial charge in [-0.3, -0.25) is 4.79 Å². The van der Waals surface area contributed by atoms with Gasteiger partial charge in [-0.2, -0.15) is 0 Å². The molecule has 126 valence electrons. The topological polar surface area (TPSA) is 59.2 Å². The van der Waals surface area contributed by atoms with Crippen molar-refractivity contribution < 1.29 is 14.3 Å². The van der Waals surface area contributed by atoms with Crippen molar-refractivity contribution in [3.05, 3.63) is 72.4 Å². The Hall–Kier alpha value is -2.88. The largest absolute Gasteiger partial charge is 0.463 e. The lowest BCUT2D eigenvalue weighted by Gasteiger charge is -1.96. The number of para-hydroxylation sites is 1.